The van der Waals surface area contributed by atoms with E-state index < -0.39 is 17.7 Å². The first kappa shape index (κ1) is 12.7. The van der Waals surface area contributed by atoms with E-state index >= 15 is 0 Å². The molecule has 0 aliphatic carbocycles. The van der Waals surface area contributed by atoms with Gasteiger partial charge in [0.25, 0.3) is 0 Å². The van der Waals surface area contributed by atoms with E-state index in [1.165, 1.54) is 14.0 Å². The molecule has 5 nitrogen and oxygen atoms in total. The standard InChI is InChI=1S/C13H16O5/c1-4-17-12(14)11-13(2,15)9-6-5-8(16-3)7-10(9)18-11/h5-7,11,15H,4H2,1-3H3/t11-,13-/m1/s1. The van der Waals surface area contributed by atoms with Crippen molar-refractivity contribution in [1.82, 2.24) is 0 Å². The summed E-state index contributed by atoms with van der Waals surface area (Å²) in [4.78, 5) is 11.7. The summed E-state index contributed by atoms with van der Waals surface area (Å²) in [7, 11) is 1.54. The third-order valence-electron chi connectivity index (χ3n) is 2.99. The molecule has 1 aromatic carbocycles. The van der Waals surface area contributed by atoms with Gasteiger partial charge < -0.3 is 19.3 Å². The fourth-order valence-electron chi connectivity index (χ4n) is 2.02. The summed E-state index contributed by atoms with van der Waals surface area (Å²) in [6, 6.07) is 5.04. The highest BCUT2D eigenvalue weighted by atomic mass is 16.6. The molecule has 18 heavy (non-hydrogen) atoms. The van der Waals surface area contributed by atoms with Crippen molar-refractivity contribution >= 4 is 5.97 Å². The normalized spacial score (nSPS) is 25.2. The van der Waals surface area contributed by atoms with Gasteiger partial charge in [0.2, 0.25) is 6.10 Å². The van der Waals surface area contributed by atoms with Crippen LogP contribution in [0, 0.1) is 0 Å². The molecule has 1 aliphatic rings. The van der Waals surface area contributed by atoms with Crippen molar-refractivity contribution in [3.05, 3.63) is 23.8 Å². The minimum atomic E-state index is -1.39. The van der Waals surface area contributed by atoms with Crippen LogP contribution in [0.15, 0.2) is 18.2 Å². The minimum absolute atomic E-state index is 0.244. The van der Waals surface area contributed by atoms with Crippen molar-refractivity contribution in [2.24, 2.45) is 0 Å². The quantitative estimate of drug-likeness (QED) is 0.819. The van der Waals surface area contributed by atoms with Crippen LogP contribution in [0.3, 0.4) is 0 Å². The van der Waals surface area contributed by atoms with E-state index in [1.807, 2.05) is 0 Å². The number of hydrogen-bond donors (Lipinski definition) is 1. The maximum atomic E-state index is 11.7. The Kier molecular flexibility index (Phi) is 3.17. The van der Waals surface area contributed by atoms with E-state index in [-0.39, 0.29) is 6.61 Å². The summed E-state index contributed by atoms with van der Waals surface area (Å²) >= 11 is 0. The molecule has 0 saturated carbocycles. The second-order valence-electron chi connectivity index (χ2n) is 4.26. The van der Waals surface area contributed by atoms with Crippen LogP contribution in [0.4, 0.5) is 0 Å². The lowest BCUT2D eigenvalue weighted by Crippen LogP contribution is -2.42. The van der Waals surface area contributed by atoms with E-state index in [0.29, 0.717) is 17.1 Å². The van der Waals surface area contributed by atoms with Crippen LogP contribution in [0.2, 0.25) is 0 Å². The minimum Gasteiger partial charge on any atom is -0.497 e. The number of ether oxygens (including phenoxy) is 3. The van der Waals surface area contributed by atoms with E-state index in [4.69, 9.17) is 14.2 Å². The summed E-state index contributed by atoms with van der Waals surface area (Å²) < 4.78 is 15.4. The van der Waals surface area contributed by atoms with Crippen molar-refractivity contribution in [3.8, 4) is 11.5 Å². The molecule has 1 N–H and O–H groups in total. The highest BCUT2D eigenvalue weighted by Crippen LogP contribution is 2.43. The first-order valence-electron chi connectivity index (χ1n) is 5.75. The zero-order valence-electron chi connectivity index (χ0n) is 10.6. The van der Waals surface area contributed by atoms with Crippen molar-refractivity contribution < 1.29 is 24.1 Å². The second kappa shape index (κ2) is 4.49. The third kappa shape index (κ3) is 1.90. The van der Waals surface area contributed by atoms with Crippen LogP contribution in [0.1, 0.15) is 19.4 Å². The van der Waals surface area contributed by atoms with Gasteiger partial charge in [0.1, 0.15) is 17.1 Å². The lowest BCUT2D eigenvalue weighted by atomic mass is 9.92. The zero-order chi connectivity index (χ0) is 13.3. The zero-order valence-corrected chi connectivity index (χ0v) is 10.6. The molecular weight excluding hydrogens is 236 g/mol. The number of carbonyl (C=O) groups is 1. The number of methoxy groups -OCH3 is 1. The van der Waals surface area contributed by atoms with E-state index in [0.717, 1.165) is 0 Å². The van der Waals surface area contributed by atoms with Gasteiger partial charge in [0.05, 0.1) is 13.7 Å². The first-order chi connectivity index (χ1) is 8.50. The highest BCUT2D eigenvalue weighted by Gasteiger charge is 2.49. The van der Waals surface area contributed by atoms with Crippen molar-refractivity contribution in [2.75, 3.05) is 13.7 Å². The number of benzene rings is 1. The molecule has 5 heteroatoms. The van der Waals surface area contributed by atoms with E-state index in [2.05, 4.69) is 0 Å². The Labute approximate surface area is 105 Å². The lowest BCUT2D eigenvalue weighted by molar-refractivity contribution is -0.161. The summed E-state index contributed by atoms with van der Waals surface area (Å²) in [5.74, 6) is 0.476. The number of hydrogen-bond acceptors (Lipinski definition) is 5. The SMILES string of the molecule is CCOC(=O)[C@H]1Oc2cc(OC)ccc2[C@@]1(C)O. The molecule has 2 atom stereocenters. The molecule has 2 rings (SSSR count). The Morgan fingerprint density at radius 3 is 2.89 bits per heavy atom. The van der Waals surface area contributed by atoms with Crippen molar-refractivity contribution in [3.63, 3.8) is 0 Å². The van der Waals surface area contributed by atoms with Gasteiger partial charge in [-0.2, -0.15) is 0 Å². The fourth-order valence-corrected chi connectivity index (χ4v) is 2.02. The number of carbonyl (C=O) groups excluding carboxylic acids is 1. The largest absolute Gasteiger partial charge is 0.497 e. The summed E-state index contributed by atoms with van der Waals surface area (Å²) in [5.41, 5.74) is -0.838. The smallest absolute Gasteiger partial charge is 0.350 e. The molecule has 0 radical (unpaired) electrons. The first-order valence-corrected chi connectivity index (χ1v) is 5.75. The van der Waals surface area contributed by atoms with Gasteiger partial charge in [-0.3, -0.25) is 0 Å². The lowest BCUT2D eigenvalue weighted by Gasteiger charge is -2.22. The number of fused-ring (bicyclic) bond motifs is 1. The molecule has 0 fully saturated rings. The van der Waals surface area contributed by atoms with Crippen LogP contribution >= 0.6 is 0 Å². The molecule has 0 aromatic heterocycles. The van der Waals surface area contributed by atoms with Gasteiger partial charge in [-0.1, -0.05) is 0 Å². The molecule has 0 amide bonds. The Balaban J connectivity index is 2.34. The predicted molar refractivity (Wildman–Crippen MR) is 63.6 cm³/mol. The Hall–Kier alpha value is -1.75. The van der Waals surface area contributed by atoms with Crippen LogP contribution in [0.25, 0.3) is 0 Å². The average Bonchev–Trinajstić information content (AvgIpc) is 2.61. The summed E-state index contributed by atoms with van der Waals surface area (Å²) in [6.45, 7) is 3.49. The summed E-state index contributed by atoms with van der Waals surface area (Å²) in [6.07, 6.45) is -1.04. The van der Waals surface area contributed by atoms with Crippen molar-refractivity contribution in [2.45, 2.75) is 25.6 Å². The number of esters is 1. The molecule has 1 aliphatic heterocycles. The molecular formula is C13H16O5. The summed E-state index contributed by atoms with van der Waals surface area (Å²) in [5, 5.41) is 10.4. The average molecular weight is 252 g/mol. The van der Waals surface area contributed by atoms with Gasteiger partial charge in [0.15, 0.2) is 0 Å². The number of rotatable bonds is 3. The van der Waals surface area contributed by atoms with Gasteiger partial charge in [-0.25, -0.2) is 4.79 Å². The van der Waals surface area contributed by atoms with Gasteiger partial charge in [-0.15, -0.1) is 0 Å². The maximum Gasteiger partial charge on any atom is 0.350 e. The van der Waals surface area contributed by atoms with Crippen molar-refractivity contribution in [1.29, 1.82) is 0 Å². The third-order valence-corrected chi connectivity index (χ3v) is 2.99. The fraction of sp³-hybridized carbons (Fsp3) is 0.462. The Morgan fingerprint density at radius 2 is 2.28 bits per heavy atom. The van der Waals surface area contributed by atoms with Crippen LogP contribution < -0.4 is 9.47 Å². The van der Waals surface area contributed by atoms with E-state index in [1.54, 1.807) is 25.1 Å². The molecule has 98 valence electrons. The molecule has 0 unspecified atom stereocenters. The Morgan fingerprint density at radius 1 is 1.56 bits per heavy atom. The molecule has 0 saturated heterocycles. The molecule has 0 bridgehead atoms. The maximum absolute atomic E-state index is 11.7. The monoisotopic (exact) mass is 252 g/mol. The van der Waals surface area contributed by atoms with Crippen LogP contribution in [-0.4, -0.2) is 30.9 Å². The van der Waals surface area contributed by atoms with Crippen LogP contribution in [0.5, 0.6) is 11.5 Å². The van der Waals surface area contributed by atoms with Gasteiger partial charge in [-0.05, 0) is 26.0 Å². The molecule has 1 heterocycles. The van der Waals surface area contributed by atoms with Crippen LogP contribution in [-0.2, 0) is 15.1 Å². The highest BCUT2D eigenvalue weighted by molar-refractivity contribution is 5.79. The van der Waals surface area contributed by atoms with Gasteiger partial charge in [0, 0.05) is 11.6 Å². The number of aliphatic hydroxyl groups is 1. The molecule has 1 aromatic rings. The second-order valence-corrected chi connectivity index (χ2v) is 4.26. The predicted octanol–water partition coefficient (Wildman–Crippen LogP) is 1.23. The Bertz CT molecular complexity index is 466. The molecule has 0 spiro atoms. The van der Waals surface area contributed by atoms with E-state index in [9.17, 15) is 9.90 Å². The topological polar surface area (TPSA) is 65.0 Å². The van der Waals surface area contributed by atoms with Gasteiger partial charge >= 0.3 is 5.97 Å².